The van der Waals surface area contributed by atoms with Gasteiger partial charge in [0, 0.05) is 24.7 Å². The van der Waals surface area contributed by atoms with E-state index in [-0.39, 0.29) is 17.3 Å². The molecule has 0 spiro atoms. The first kappa shape index (κ1) is 24.8. The Bertz CT molecular complexity index is 1630. The number of fused-ring (bicyclic) bond motifs is 1. The second kappa shape index (κ2) is 10.3. The molecule has 5 rings (SSSR count). The first-order valence-electron chi connectivity index (χ1n) is 11.7. The minimum Gasteiger partial charge on any atom is -0.306 e. The van der Waals surface area contributed by atoms with Crippen LogP contribution in [0.2, 0.25) is 0 Å². The van der Waals surface area contributed by atoms with Crippen molar-refractivity contribution >= 4 is 43.3 Å². The van der Waals surface area contributed by atoms with Gasteiger partial charge in [-0.15, -0.1) is 0 Å². The Labute approximate surface area is 219 Å². The van der Waals surface area contributed by atoms with Gasteiger partial charge >= 0.3 is 0 Å². The highest BCUT2D eigenvalue weighted by molar-refractivity contribution is 7.89. The van der Waals surface area contributed by atoms with Crippen molar-refractivity contribution in [3.63, 3.8) is 0 Å². The Morgan fingerprint density at radius 3 is 2.41 bits per heavy atom. The Morgan fingerprint density at radius 1 is 1.00 bits per heavy atom. The highest BCUT2D eigenvalue weighted by Gasteiger charge is 2.24. The maximum absolute atomic E-state index is 13.2. The molecule has 1 N–H and O–H groups in total. The maximum atomic E-state index is 13.2. The predicted molar refractivity (Wildman–Crippen MR) is 146 cm³/mol. The van der Waals surface area contributed by atoms with Crippen LogP contribution in [-0.4, -0.2) is 39.9 Å². The number of benzene rings is 3. The standard InChI is InChI=1S/C27H25N5O3S2/c1-3-31(18-20-9-5-4-6-10-20)37(34,35)22-15-13-21(14-16-22)26(33)29-25-17-19(2)30-32(25)27-28-23-11-7-8-12-24(23)36-27/h4-17H,3,18H2,1-2H3,(H,29,33). The summed E-state index contributed by atoms with van der Waals surface area (Å²) in [6.07, 6.45) is 0. The van der Waals surface area contributed by atoms with Crippen LogP contribution in [0.3, 0.4) is 0 Å². The quantitative estimate of drug-likeness (QED) is 0.295. The van der Waals surface area contributed by atoms with Crippen LogP contribution in [0.25, 0.3) is 15.3 Å². The van der Waals surface area contributed by atoms with Gasteiger partial charge in [-0.05, 0) is 48.9 Å². The van der Waals surface area contributed by atoms with E-state index in [1.165, 1.54) is 39.9 Å². The number of thiazole rings is 1. The lowest BCUT2D eigenvalue weighted by Gasteiger charge is -2.20. The average molecular weight is 532 g/mol. The molecule has 0 atom stereocenters. The molecule has 0 bridgehead atoms. The van der Waals surface area contributed by atoms with Crippen molar-refractivity contribution in [1.29, 1.82) is 0 Å². The molecule has 2 heterocycles. The molecule has 0 aliphatic heterocycles. The van der Waals surface area contributed by atoms with Gasteiger partial charge in [0.15, 0.2) is 0 Å². The van der Waals surface area contributed by atoms with Gasteiger partial charge in [-0.2, -0.15) is 14.1 Å². The third-order valence-electron chi connectivity index (χ3n) is 5.85. The van der Waals surface area contributed by atoms with Crippen LogP contribution < -0.4 is 5.32 Å². The number of rotatable bonds is 8. The maximum Gasteiger partial charge on any atom is 0.256 e. The minimum absolute atomic E-state index is 0.136. The van der Waals surface area contributed by atoms with E-state index in [9.17, 15) is 13.2 Å². The molecule has 0 aliphatic carbocycles. The number of aryl methyl sites for hydroxylation is 1. The zero-order valence-corrected chi connectivity index (χ0v) is 22.0. The van der Waals surface area contributed by atoms with Crippen LogP contribution in [0, 0.1) is 6.92 Å². The number of nitrogens with one attached hydrogen (secondary N) is 1. The third kappa shape index (κ3) is 5.17. The van der Waals surface area contributed by atoms with E-state index in [0.717, 1.165) is 21.5 Å². The molecule has 3 aromatic carbocycles. The Kier molecular flexibility index (Phi) is 6.88. The summed E-state index contributed by atoms with van der Waals surface area (Å²) in [6.45, 7) is 4.25. The number of aromatic nitrogens is 3. The monoisotopic (exact) mass is 531 g/mol. The normalized spacial score (nSPS) is 11.8. The third-order valence-corrected chi connectivity index (χ3v) is 8.79. The van der Waals surface area contributed by atoms with Crippen molar-refractivity contribution in [1.82, 2.24) is 19.1 Å². The van der Waals surface area contributed by atoms with Crippen molar-refractivity contribution < 1.29 is 13.2 Å². The van der Waals surface area contributed by atoms with E-state index >= 15 is 0 Å². The Hall–Kier alpha value is -3.86. The molecular weight excluding hydrogens is 506 g/mol. The topological polar surface area (TPSA) is 97.2 Å². The number of nitrogens with zero attached hydrogens (tertiary/aromatic N) is 4. The molecule has 0 fully saturated rings. The Morgan fingerprint density at radius 2 is 1.70 bits per heavy atom. The first-order chi connectivity index (χ1) is 17.8. The number of sulfonamides is 1. The van der Waals surface area contributed by atoms with Crippen LogP contribution in [0.5, 0.6) is 0 Å². The molecule has 0 radical (unpaired) electrons. The number of hydrogen-bond acceptors (Lipinski definition) is 6. The van der Waals surface area contributed by atoms with Crippen LogP contribution in [-0.2, 0) is 16.6 Å². The van der Waals surface area contributed by atoms with E-state index in [4.69, 9.17) is 0 Å². The lowest BCUT2D eigenvalue weighted by molar-refractivity contribution is 0.102. The zero-order chi connectivity index (χ0) is 26.0. The van der Waals surface area contributed by atoms with Crippen LogP contribution in [0.4, 0.5) is 5.82 Å². The molecule has 1 amide bonds. The fourth-order valence-electron chi connectivity index (χ4n) is 3.95. The van der Waals surface area contributed by atoms with E-state index in [1.54, 1.807) is 17.7 Å². The summed E-state index contributed by atoms with van der Waals surface area (Å²) in [5.41, 5.74) is 2.83. The number of anilines is 1. The highest BCUT2D eigenvalue weighted by atomic mass is 32.2. The number of amides is 1. The van der Waals surface area contributed by atoms with Gasteiger partial charge < -0.3 is 5.32 Å². The fourth-order valence-corrected chi connectivity index (χ4v) is 6.32. The highest BCUT2D eigenvalue weighted by Crippen LogP contribution is 2.27. The second-order valence-electron chi connectivity index (χ2n) is 8.44. The van der Waals surface area contributed by atoms with E-state index in [1.807, 2.05) is 61.5 Å². The predicted octanol–water partition coefficient (Wildman–Crippen LogP) is 5.25. The van der Waals surface area contributed by atoms with Gasteiger partial charge in [0.2, 0.25) is 15.2 Å². The van der Waals surface area contributed by atoms with Crippen molar-refractivity contribution in [3.8, 4) is 5.13 Å². The Balaban J connectivity index is 1.35. The van der Waals surface area contributed by atoms with Crippen molar-refractivity contribution in [3.05, 3.63) is 102 Å². The molecule has 10 heteroatoms. The van der Waals surface area contributed by atoms with Gasteiger partial charge in [0.25, 0.3) is 5.91 Å². The van der Waals surface area contributed by atoms with Crippen molar-refractivity contribution in [2.75, 3.05) is 11.9 Å². The van der Waals surface area contributed by atoms with E-state index in [2.05, 4.69) is 15.4 Å². The molecule has 5 aromatic rings. The summed E-state index contributed by atoms with van der Waals surface area (Å²) in [5.74, 6) is 0.112. The van der Waals surface area contributed by atoms with Gasteiger partial charge in [0.05, 0.1) is 20.8 Å². The lowest BCUT2D eigenvalue weighted by Crippen LogP contribution is -2.30. The molecule has 2 aromatic heterocycles. The molecule has 0 saturated carbocycles. The summed E-state index contributed by atoms with van der Waals surface area (Å²) in [4.78, 5) is 17.8. The van der Waals surface area contributed by atoms with Crippen molar-refractivity contribution in [2.24, 2.45) is 0 Å². The summed E-state index contributed by atoms with van der Waals surface area (Å²) in [7, 11) is -3.72. The molecule has 0 saturated heterocycles. The zero-order valence-electron chi connectivity index (χ0n) is 20.3. The summed E-state index contributed by atoms with van der Waals surface area (Å²) >= 11 is 1.48. The fraction of sp³-hybridized carbons (Fsp3) is 0.148. The summed E-state index contributed by atoms with van der Waals surface area (Å²) in [6, 6.07) is 25.0. The molecule has 0 unspecified atom stereocenters. The second-order valence-corrected chi connectivity index (χ2v) is 11.4. The van der Waals surface area contributed by atoms with Crippen LogP contribution in [0.1, 0.15) is 28.5 Å². The first-order valence-corrected chi connectivity index (χ1v) is 14.0. The minimum atomic E-state index is -3.72. The number of carbonyl (C=O) groups is 1. The number of hydrogen-bond donors (Lipinski definition) is 1. The average Bonchev–Trinajstić information content (AvgIpc) is 3.50. The molecule has 37 heavy (non-hydrogen) atoms. The van der Waals surface area contributed by atoms with Crippen LogP contribution in [0.15, 0.2) is 89.8 Å². The summed E-state index contributed by atoms with van der Waals surface area (Å²) in [5, 5.41) is 8.02. The van der Waals surface area contributed by atoms with Crippen molar-refractivity contribution in [2.45, 2.75) is 25.3 Å². The van der Waals surface area contributed by atoms with Gasteiger partial charge in [-0.25, -0.2) is 13.4 Å². The lowest BCUT2D eigenvalue weighted by atomic mass is 10.2. The van der Waals surface area contributed by atoms with E-state index < -0.39 is 10.0 Å². The molecule has 188 valence electrons. The number of para-hydroxylation sites is 1. The summed E-state index contributed by atoms with van der Waals surface area (Å²) < 4.78 is 30.5. The SMILES string of the molecule is CCN(Cc1ccccc1)S(=O)(=O)c1ccc(C(=O)Nc2cc(C)nn2-c2nc3ccccc3s2)cc1. The van der Waals surface area contributed by atoms with E-state index in [0.29, 0.717) is 23.1 Å². The van der Waals surface area contributed by atoms with Gasteiger partial charge in [-0.3, -0.25) is 4.79 Å². The molecule has 0 aliphatic rings. The van der Waals surface area contributed by atoms with Gasteiger partial charge in [0.1, 0.15) is 5.82 Å². The molecular formula is C27H25N5O3S2. The smallest absolute Gasteiger partial charge is 0.256 e. The van der Waals surface area contributed by atoms with Crippen LogP contribution >= 0.6 is 11.3 Å². The largest absolute Gasteiger partial charge is 0.306 e. The van der Waals surface area contributed by atoms with Gasteiger partial charge in [-0.1, -0.05) is 60.7 Å². The molecule has 8 nitrogen and oxygen atoms in total. The number of carbonyl (C=O) groups excluding carboxylic acids is 1.